The fourth-order valence-electron chi connectivity index (χ4n) is 2.02. The van der Waals surface area contributed by atoms with Gasteiger partial charge in [-0.15, -0.1) is 5.10 Å². The molecule has 110 valence electrons. The predicted molar refractivity (Wildman–Crippen MR) is 75.0 cm³/mol. The average Bonchev–Trinajstić information content (AvgIpc) is 3.15. The van der Waals surface area contributed by atoms with Crippen LogP contribution in [0, 0.1) is 5.92 Å². The van der Waals surface area contributed by atoms with Crippen molar-refractivity contribution in [3.8, 4) is 11.4 Å². The Morgan fingerprint density at radius 1 is 1.38 bits per heavy atom. The van der Waals surface area contributed by atoms with Gasteiger partial charge < -0.3 is 9.64 Å². The normalized spacial score (nSPS) is 14.0. The van der Waals surface area contributed by atoms with Crippen LogP contribution in [0.3, 0.4) is 0 Å². The minimum Gasteiger partial charge on any atom is -0.484 e. The highest BCUT2D eigenvalue weighted by atomic mass is 16.5. The van der Waals surface area contributed by atoms with E-state index in [1.807, 2.05) is 19.2 Å². The van der Waals surface area contributed by atoms with E-state index in [1.54, 1.807) is 21.7 Å². The molecule has 0 atom stereocenters. The van der Waals surface area contributed by atoms with E-state index in [0.717, 1.165) is 12.2 Å². The van der Waals surface area contributed by atoms with Crippen LogP contribution in [-0.2, 0) is 4.79 Å². The molecule has 2 aromatic rings. The Morgan fingerprint density at radius 3 is 2.76 bits per heavy atom. The van der Waals surface area contributed by atoms with Gasteiger partial charge in [-0.2, -0.15) is 0 Å². The summed E-state index contributed by atoms with van der Waals surface area (Å²) in [4.78, 5) is 13.6. The van der Waals surface area contributed by atoms with Crippen molar-refractivity contribution in [3.63, 3.8) is 0 Å². The maximum atomic E-state index is 11.9. The van der Waals surface area contributed by atoms with E-state index in [0.29, 0.717) is 11.7 Å². The molecule has 1 heterocycles. The maximum absolute atomic E-state index is 11.9. The molecule has 1 fully saturated rings. The second-order valence-corrected chi connectivity index (χ2v) is 5.25. The molecule has 1 aliphatic carbocycles. The number of carbonyl (C=O) groups is 1. The monoisotopic (exact) mass is 287 g/mol. The molecule has 0 spiro atoms. The van der Waals surface area contributed by atoms with Crippen molar-refractivity contribution in [3.05, 3.63) is 30.6 Å². The number of amides is 1. The summed E-state index contributed by atoms with van der Waals surface area (Å²) in [6, 6.07) is 7.27. The molecule has 7 nitrogen and oxygen atoms in total. The highest BCUT2D eigenvalue weighted by Crippen LogP contribution is 2.29. The third-order valence-corrected chi connectivity index (χ3v) is 3.47. The number of nitrogens with zero attached hydrogens (tertiary/aromatic N) is 5. The Morgan fingerprint density at radius 2 is 2.14 bits per heavy atom. The lowest BCUT2D eigenvalue weighted by Gasteiger charge is -2.17. The van der Waals surface area contributed by atoms with Crippen LogP contribution in [0.2, 0.25) is 0 Å². The van der Waals surface area contributed by atoms with Crippen molar-refractivity contribution >= 4 is 5.91 Å². The molecule has 1 amide bonds. The van der Waals surface area contributed by atoms with Crippen molar-refractivity contribution in [2.45, 2.75) is 12.8 Å². The van der Waals surface area contributed by atoms with Gasteiger partial charge in [0.2, 0.25) is 0 Å². The largest absolute Gasteiger partial charge is 0.484 e. The zero-order valence-electron chi connectivity index (χ0n) is 11.8. The fourth-order valence-corrected chi connectivity index (χ4v) is 2.02. The van der Waals surface area contributed by atoms with Gasteiger partial charge in [-0.1, -0.05) is 0 Å². The van der Waals surface area contributed by atoms with Crippen molar-refractivity contribution in [1.82, 2.24) is 25.1 Å². The van der Waals surface area contributed by atoms with Crippen LogP contribution in [0.5, 0.6) is 5.75 Å². The van der Waals surface area contributed by atoms with Crippen LogP contribution in [0.15, 0.2) is 30.6 Å². The molecule has 7 heteroatoms. The van der Waals surface area contributed by atoms with Gasteiger partial charge in [-0.25, -0.2) is 4.68 Å². The molecule has 3 rings (SSSR count). The van der Waals surface area contributed by atoms with Crippen LogP contribution in [0.1, 0.15) is 12.8 Å². The molecular weight excluding hydrogens is 270 g/mol. The lowest BCUT2D eigenvalue weighted by Crippen LogP contribution is -2.32. The third-order valence-electron chi connectivity index (χ3n) is 3.47. The molecule has 21 heavy (non-hydrogen) atoms. The van der Waals surface area contributed by atoms with Gasteiger partial charge in [0.15, 0.2) is 6.61 Å². The topological polar surface area (TPSA) is 73.1 Å². The van der Waals surface area contributed by atoms with Gasteiger partial charge in [0.05, 0.1) is 5.69 Å². The van der Waals surface area contributed by atoms with Crippen LogP contribution < -0.4 is 4.74 Å². The Labute approximate surface area is 122 Å². The summed E-state index contributed by atoms with van der Waals surface area (Å²) >= 11 is 0. The van der Waals surface area contributed by atoms with E-state index in [-0.39, 0.29) is 12.5 Å². The Kier molecular flexibility index (Phi) is 3.81. The second-order valence-electron chi connectivity index (χ2n) is 5.25. The fraction of sp³-hybridized carbons (Fsp3) is 0.429. The van der Waals surface area contributed by atoms with Gasteiger partial charge in [0.1, 0.15) is 12.1 Å². The van der Waals surface area contributed by atoms with E-state index >= 15 is 0 Å². The van der Waals surface area contributed by atoms with Gasteiger partial charge >= 0.3 is 0 Å². The number of aromatic nitrogens is 4. The molecule has 0 bridgehead atoms. The van der Waals surface area contributed by atoms with E-state index in [1.165, 1.54) is 19.2 Å². The summed E-state index contributed by atoms with van der Waals surface area (Å²) in [6.45, 7) is 0.897. The first-order chi connectivity index (χ1) is 10.2. The SMILES string of the molecule is CN(CC1CC1)C(=O)COc1ccc(-n2cnnn2)cc1. The first-order valence-electron chi connectivity index (χ1n) is 6.92. The molecule has 0 aliphatic heterocycles. The lowest BCUT2D eigenvalue weighted by atomic mass is 10.3. The maximum Gasteiger partial charge on any atom is 0.260 e. The standard InChI is InChI=1S/C14H17N5O2/c1-18(8-11-2-3-11)14(20)9-21-13-6-4-12(5-7-13)19-10-15-16-17-19/h4-7,10-11H,2-3,8-9H2,1H3. The van der Waals surface area contributed by atoms with Crippen molar-refractivity contribution in [2.75, 3.05) is 20.2 Å². The third kappa shape index (κ3) is 3.56. The van der Waals surface area contributed by atoms with Crippen molar-refractivity contribution in [1.29, 1.82) is 0 Å². The van der Waals surface area contributed by atoms with Crippen LogP contribution in [-0.4, -0.2) is 51.2 Å². The Hall–Kier alpha value is -2.44. The first kappa shape index (κ1) is 13.5. The van der Waals surface area contributed by atoms with Crippen LogP contribution in [0.25, 0.3) is 5.69 Å². The number of likely N-dealkylation sites (N-methyl/N-ethyl adjacent to an activating group) is 1. The van der Waals surface area contributed by atoms with E-state index < -0.39 is 0 Å². The molecule has 0 saturated heterocycles. The highest BCUT2D eigenvalue weighted by molar-refractivity contribution is 5.77. The second kappa shape index (κ2) is 5.90. The minimum absolute atomic E-state index is 0.00597. The smallest absolute Gasteiger partial charge is 0.260 e. The average molecular weight is 287 g/mol. The first-order valence-corrected chi connectivity index (χ1v) is 6.92. The van der Waals surface area contributed by atoms with E-state index in [9.17, 15) is 4.79 Å². The van der Waals surface area contributed by atoms with Gasteiger partial charge in [-0.05, 0) is 53.5 Å². The predicted octanol–water partition coefficient (Wildman–Crippen LogP) is 0.909. The highest BCUT2D eigenvalue weighted by Gasteiger charge is 2.24. The van der Waals surface area contributed by atoms with Gasteiger partial charge in [0.25, 0.3) is 5.91 Å². The zero-order valence-corrected chi connectivity index (χ0v) is 11.8. The summed E-state index contributed by atoms with van der Waals surface area (Å²) in [7, 11) is 1.82. The number of hydrogen-bond donors (Lipinski definition) is 0. The Balaban J connectivity index is 1.52. The summed E-state index contributed by atoms with van der Waals surface area (Å²) in [5.74, 6) is 1.35. The van der Waals surface area contributed by atoms with Crippen LogP contribution in [0.4, 0.5) is 0 Å². The van der Waals surface area contributed by atoms with Crippen molar-refractivity contribution < 1.29 is 9.53 Å². The number of benzene rings is 1. The van der Waals surface area contributed by atoms with Crippen LogP contribution >= 0.6 is 0 Å². The lowest BCUT2D eigenvalue weighted by molar-refractivity contribution is -0.132. The summed E-state index contributed by atoms with van der Waals surface area (Å²) in [5, 5.41) is 11.0. The number of tetrazole rings is 1. The van der Waals surface area contributed by atoms with E-state index in [4.69, 9.17) is 4.74 Å². The molecule has 1 aliphatic rings. The summed E-state index contributed by atoms with van der Waals surface area (Å²) < 4.78 is 7.07. The molecule has 1 saturated carbocycles. The molecule has 0 N–H and O–H groups in total. The number of ether oxygens (including phenoxy) is 1. The Bertz CT molecular complexity index is 592. The van der Waals surface area contributed by atoms with Gasteiger partial charge in [-0.3, -0.25) is 4.79 Å². The number of rotatable bonds is 6. The molecule has 1 aromatic carbocycles. The minimum atomic E-state index is 0.00597. The molecule has 0 unspecified atom stereocenters. The molecule has 0 radical (unpaired) electrons. The molecular formula is C14H17N5O2. The quantitative estimate of drug-likeness (QED) is 0.789. The number of carbonyl (C=O) groups excluding carboxylic acids is 1. The number of hydrogen-bond acceptors (Lipinski definition) is 5. The summed E-state index contributed by atoms with van der Waals surface area (Å²) in [6.07, 6.45) is 3.99. The molecule has 1 aromatic heterocycles. The van der Waals surface area contributed by atoms with Gasteiger partial charge in [0, 0.05) is 13.6 Å². The van der Waals surface area contributed by atoms with Crippen molar-refractivity contribution in [2.24, 2.45) is 5.92 Å². The zero-order chi connectivity index (χ0) is 14.7. The summed E-state index contributed by atoms with van der Waals surface area (Å²) in [5.41, 5.74) is 0.838. The van der Waals surface area contributed by atoms with E-state index in [2.05, 4.69) is 15.5 Å².